The Morgan fingerprint density at radius 1 is 1.13 bits per heavy atom. The molecule has 0 aromatic heterocycles. The topological polar surface area (TPSA) is 61.9 Å². The summed E-state index contributed by atoms with van der Waals surface area (Å²) in [4.78, 5) is 27.8. The van der Waals surface area contributed by atoms with E-state index in [2.05, 4.69) is 17.1 Å². The molecule has 2 aliphatic rings. The third-order valence-electron chi connectivity index (χ3n) is 4.92. The number of nitrogens with zero attached hydrogens (tertiary/aromatic N) is 2. The zero-order chi connectivity index (χ0) is 16.7. The van der Waals surface area contributed by atoms with E-state index in [0.717, 1.165) is 19.5 Å². The Labute approximate surface area is 139 Å². The Balaban J connectivity index is 1.66. The van der Waals surface area contributed by atoms with Crippen LogP contribution in [0.2, 0.25) is 0 Å². The number of piperazine rings is 1. The van der Waals surface area contributed by atoms with Crippen LogP contribution in [0.5, 0.6) is 0 Å². The van der Waals surface area contributed by atoms with Crippen LogP contribution in [0.4, 0.5) is 0 Å². The molecule has 23 heavy (non-hydrogen) atoms. The average molecular weight is 325 g/mol. The van der Waals surface area contributed by atoms with Crippen molar-refractivity contribution in [2.45, 2.75) is 45.6 Å². The van der Waals surface area contributed by atoms with Gasteiger partial charge in [-0.15, -0.1) is 0 Å². The van der Waals surface area contributed by atoms with Crippen LogP contribution in [0.1, 0.15) is 39.5 Å². The molecule has 0 aromatic carbocycles. The minimum Gasteiger partial charge on any atom is -0.368 e. The van der Waals surface area contributed by atoms with E-state index in [9.17, 15) is 9.59 Å². The van der Waals surface area contributed by atoms with Crippen molar-refractivity contribution in [2.75, 3.05) is 45.9 Å². The molecule has 1 saturated heterocycles. The third kappa shape index (κ3) is 5.77. The Kier molecular flexibility index (Phi) is 7.30. The van der Waals surface area contributed by atoms with Crippen LogP contribution in [0, 0.1) is 5.92 Å². The highest BCUT2D eigenvalue weighted by Gasteiger charge is 2.26. The van der Waals surface area contributed by atoms with Crippen LogP contribution in [0.15, 0.2) is 0 Å². The van der Waals surface area contributed by atoms with Crippen molar-refractivity contribution >= 4 is 11.8 Å². The number of amides is 2. The molecule has 1 heterocycles. The molecule has 0 spiro atoms. The molecule has 1 aliphatic carbocycles. The van der Waals surface area contributed by atoms with Gasteiger partial charge in [-0.3, -0.25) is 14.5 Å². The number of ether oxygens (including phenoxy) is 1. The van der Waals surface area contributed by atoms with E-state index >= 15 is 0 Å². The summed E-state index contributed by atoms with van der Waals surface area (Å²) in [7, 11) is 0. The van der Waals surface area contributed by atoms with Crippen LogP contribution in [0.3, 0.4) is 0 Å². The molecule has 6 nitrogen and oxygen atoms in total. The fourth-order valence-electron chi connectivity index (χ4n) is 3.41. The van der Waals surface area contributed by atoms with Crippen molar-refractivity contribution in [1.29, 1.82) is 0 Å². The van der Waals surface area contributed by atoms with Crippen LogP contribution >= 0.6 is 0 Å². The zero-order valence-electron chi connectivity index (χ0n) is 14.6. The van der Waals surface area contributed by atoms with Crippen LogP contribution in [0.25, 0.3) is 0 Å². The lowest BCUT2D eigenvalue weighted by atomic mass is 9.88. The summed E-state index contributed by atoms with van der Waals surface area (Å²) < 4.78 is 5.86. The van der Waals surface area contributed by atoms with E-state index in [0.29, 0.717) is 32.1 Å². The van der Waals surface area contributed by atoms with Crippen LogP contribution < -0.4 is 5.32 Å². The first-order chi connectivity index (χ1) is 11.1. The van der Waals surface area contributed by atoms with Gasteiger partial charge in [0.25, 0.3) is 0 Å². The quantitative estimate of drug-likeness (QED) is 0.787. The summed E-state index contributed by atoms with van der Waals surface area (Å²) in [5, 5.41) is 2.81. The predicted octanol–water partition coefficient (Wildman–Crippen LogP) is 0.862. The minimum absolute atomic E-state index is 0.0573. The van der Waals surface area contributed by atoms with Gasteiger partial charge in [0.05, 0.1) is 12.6 Å². The maximum atomic E-state index is 12.3. The number of hydrogen-bond donors (Lipinski definition) is 1. The standard InChI is InChI=1S/C17H31N3O3/c1-3-18-16(21)12-19-8-10-20(11-9-19)17(22)13-23-15-7-5-4-6-14(15)2/h14-15H,3-13H2,1-2H3,(H,18,21)/t14-,15-/m0/s1. The molecule has 2 fully saturated rings. The summed E-state index contributed by atoms with van der Waals surface area (Å²) in [5.74, 6) is 0.702. The van der Waals surface area contributed by atoms with Gasteiger partial charge in [-0.05, 0) is 25.7 Å². The average Bonchev–Trinajstić information content (AvgIpc) is 2.55. The second kappa shape index (κ2) is 9.23. The molecule has 2 amide bonds. The van der Waals surface area contributed by atoms with Gasteiger partial charge in [-0.25, -0.2) is 0 Å². The Morgan fingerprint density at radius 3 is 2.48 bits per heavy atom. The maximum Gasteiger partial charge on any atom is 0.248 e. The summed E-state index contributed by atoms with van der Waals surface area (Å²) in [6.45, 7) is 8.29. The summed E-state index contributed by atoms with van der Waals surface area (Å²) in [5.41, 5.74) is 0. The van der Waals surface area contributed by atoms with Crippen molar-refractivity contribution in [3.05, 3.63) is 0 Å². The van der Waals surface area contributed by atoms with E-state index in [-0.39, 0.29) is 24.5 Å². The van der Waals surface area contributed by atoms with Crippen molar-refractivity contribution in [3.63, 3.8) is 0 Å². The largest absolute Gasteiger partial charge is 0.368 e. The Morgan fingerprint density at radius 2 is 1.83 bits per heavy atom. The molecule has 6 heteroatoms. The van der Waals surface area contributed by atoms with E-state index in [1.807, 2.05) is 11.8 Å². The molecule has 132 valence electrons. The molecule has 2 atom stereocenters. The van der Waals surface area contributed by atoms with Gasteiger partial charge in [0.15, 0.2) is 0 Å². The highest BCUT2D eigenvalue weighted by Crippen LogP contribution is 2.26. The van der Waals surface area contributed by atoms with Gasteiger partial charge in [0.1, 0.15) is 6.61 Å². The smallest absolute Gasteiger partial charge is 0.248 e. The van der Waals surface area contributed by atoms with Gasteiger partial charge in [-0.2, -0.15) is 0 Å². The molecule has 1 N–H and O–H groups in total. The molecule has 0 radical (unpaired) electrons. The van der Waals surface area contributed by atoms with Crippen molar-refractivity contribution in [2.24, 2.45) is 5.92 Å². The number of likely N-dealkylation sites (N-methyl/N-ethyl adjacent to an activating group) is 1. The van der Waals surface area contributed by atoms with Gasteiger partial charge in [0.2, 0.25) is 11.8 Å². The monoisotopic (exact) mass is 325 g/mol. The summed E-state index contributed by atoms with van der Waals surface area (Å²) in [6, 6.07) is 0. The molecule has 0 unspecified atom stereocenters. The first kappa shape index (κ1) is 18.2. The SMILES string of the molecule is CCNC(=O)CN1CCN(C(=O)CO[C@H]2CCCC[C@@H]2C)CC1. The van der Waals surface area contributed by atoms with Crippen LogP contribution in [-0.2, 0) is 14.3 Å². The molecule has 1 saturated carbocycles. The number of nitrogens with one attached hydrogen (secondary N) is 1. The predicted molar refractivity (Wildman–Crippen MR) is 89.1 cm³/mol. The lowest BCUT2D eigenvalue weighted by molar-refractivity contribution is -0.142. The van der Waals surface area contributed by atoms with Gasteiger partial charge in [-0.1, -0.05) is 19.8 Å². The van der Waals surface area contributed by atoms with E-state index in [1.165, 1.54) is 19.3 Å². The van der Waals surface area contributed by atoms with E-state index < -0.39 is 0 Å². The maximum absolute atomic E-state index is 12.3. The van der Waals surface area contributed by atoms with E-state index in [1.54, 1.807) is 0 Å². The first-order valence-corrected chi connectivity index (χ1v) is 8.98. The van der Waals surface area contributed by atoms with E-state index in [4.69, 9.17) is 4.74 Å². The molecule has 1 aliphatic heterocycles. The lowest BCUT2D eigenvalue weighted by Gasteiger charge is -2.35. The normalized spacial score (nSPS) is 26.1. The number of carbonyl (C=O) groups is 2. The van der Waals surface area contributed by atoms with Crippen molar-refractivity contribution in [1.82, 2.24) is 15.1 Å². The second-order valence-electron chi connectivity index (χ2n) is 6.72. The van der Waals surface area contributed by atoms with Gasteiger partial charge >= 0.3 is 0 Å². The second-order valence-corrected chi connectivity index (χ2v) is 6.72. The van der Waals surface area contributed by atoms with Crippen LogP contribution in [-0.4, -0.2) is 73.6 Å². The van der Waals surface area contributed by atoms with Gasteiger partial charge < -0.3 is 15.0 Å². The summed E-state index contributed by atoms with van der Waals surface area (Å²) in [6.07, 6.45) is 5.02. The fourth-order valence-corrected chi connectivity index (χ4v) is 3.41. The Bertz CT molecular complexity index is 395. The molecular formula is C17H31N3O3. The molecular weight excluding hydrogens is 294 g/mol. The molecule has 2 rings (SSSR count). The zero-order valence-corrected chi connectivity index (χ0v) is 14.6. The summed E-state index contributed by atoms with van der Waals surface area (Å²) >= 11 is 0. The highest BCUT2D eigenvalue weighted by atomic mass is 16.5. The minimum atomic E-state index is 0.0573. The molecule has 0 aromatic rings. The highest BCUT2D eigenvalue weighted by molar-refractivity contribution is 5.78. The Hall–Kier alpha value is -1.14. The lowest BCUT2D eigenvalue weighted by Crippen LogP contribution is -2.52. The van der Waals surface area contributed by atoms with Crippen molar-refractivity contribution < 1.29 is 14.3 Å². The fraction of sp³-hybridized carbons (Fsp3) is 0.882. The number of hydrogen-bond acceptors (Lipinski definition) is 4. The third-order valence-corrected chi connectivity index (χ3v) is 4.92. The number of rotatable bonds is 6. The van der Waals surface area contributed by atoms with Crippen molar-refractivity contribution in [3.8, 4) is 0 Å². The number of carbonyl (C=O) groups excluding carboxylic acids is 2. The molecule has 0 bridgehead atoms. The first-order valence-electron chi connectivity index (χ1n) is 8.98. The van der Waals surface area contributed by atoms with Gasteiger partial charge in [0, 0.05) is 32.7 Å².